The molecule has 0 radical (unpaired) electrons. The van der Waals surface area contributed by atoms with Gasteiger partial charge in [-0.15, -0.1) is 0 Å². The number of hydrogen-bond acceptors (Lipinski definition) is 4. The van der Waals surface area contributed by atoms with Gasteiger partial charge in [0.15, 0.2) is 6.04 Å². The van der Waals surface area contributed by atoms with Crippen LogP contribution in [0.4, 0.5) is 5.69 Å². The number of nitrogens with zero attached hydrogens (tertiary/aromatic N) is 2. The van der Waals surface area contributed by atoms with Crippen molar-refractivity contribution in [2.24, 2.45) is 7.05 Å². The van der Waals surface area contributed by atoms with E-state index in [2.05, 4.69) is 26.3 Å². The number of ether oxygens (including phenoxy) is 1. The Bertz CT molecular complexity index is 640. The zero-order valence-electron chi connectivity index (χ0n) is 12.3. The van der Waals surface area contributed by atoms with E-state index >= 15 is 0 Å². The number of para-hydroxylation sites is 1. The molecule has 0 aliphatic rings. The molecule has 112 valence electrons. The number of halogens is 1. The van der Waals surface area contributed by atoms with Crippen LogP contribution in [0.1, 0.15) is 24.2 Å². The number of methoxy groups -OCH3 is 1. The molecule has 5 nitrogen and oxygen atoms in total. The quantitative estimate of drug-likeness (QED) is 0.841. The summed E-state index contributed by atoms with van der Waals surface area (Å²) in [5, 5.41) is 7.62. The SMILES string of the molecule is CCc1nn(C)cc1C(Nc1ccccc1Br)C(=O)OC. The lowest BCUT2D eigenvalue weighted by Gasteiger charge is -2.18. The Morgan fingerprint density at radius 1 is 1.48 bits per heavy atom. The molecule has 1 aromatic carbocycles. The van der Waals surface area contributed by atoms with E-state index in [0.29, 0.717) is 0 Å². The molecular formula is C15H18BrN3O2. The van der Waals surface area contributed by atoms with Gasteiger partial charge in [0.1, 0.15) is 0 Å². The monoisotopic (exact) mass is 351 g/mol. The summed E-state index contributed by atoms with van der Waals surface area (Å²) in [6.07, 6.45) is 2.60. The van der Waals surface area contributed by atoms with Gasteiger partial charge in [-0.25, -0.2) is 4.79 Å². The normalized spacial score (nSPS) is 12.0. The first-order valence-corrected chi connectivity index (χ1v) is 7.47. The molecule has 1 N–H and O–H groups in total. The second kappa shape index (κ2) is 6.76. The van der Waals surface area contributed by atoms with Gasteiger partial charge in [0.25, 0.3) is 0 Å². The van der Waals surface area contributed by atoms with E-state index in [1.165, 1.54) is 7.11 Å². The summed E-state index contributed by atoms with van der Waals surface area (Å²) in [4.78, 5) is 12.2. The number of aryl methyl sites for hydroxylation is 2. The van der Waals surface area contributed by atoms with Crippen LogP contribution < -0.4 is 5.32 Å². The lowest BCUT2D eigenvalue weighted by Crippen LogP contribution is -2.23. The van der Waals surface area contributed by atoms with E-state index in [1.807, 2.05) is 44.4 Å². The Morgan fingerprint density at radius 2 is 2.19 bits per heavy atom. The van der Waals surface area contributed by atoms with Crippen molar-refractivity contribution in [1.82, 2.24) is 9.78 Å². The summed E-state index contributed by atoms with van der Waals surface area (Å²) < 4.78 is 7.54. The predicted molar refractivity (Wildman–Crippen MR) is 85.1 cm³/mol. The maximum absolute atomic E-state index is 12.2. The van der Waals surface area contributed by atoms with E-state index in [1.54, 1.807) is 4.68 Å². The van der Waals surface area contributed by atoms with Crippen molar-refractivity contribution in [2.45, 2.75) is 19.4 Å². The lowest BCUT2D eigenvalue weighted by molar-refractivity contribution is -0.141. The number of nitrogens with one attached hydrogen (secondary N) is 1. The fourth-order valence-corrected chi connectivity index (χ4v) is 2.58. The first-order valence-electron chi connectivity index (χ1n) is 6.68. The molecule has 0 fully saturated rings. The molecule has 6 heteroatoms. The van der Waals surface area contributed by atoms with Crippen LogP contribution in [-0.4, -0.2) is 22.9 Å². The third-order valence-corrected chi connectivity index (χ3v) is 3.89. The highest BCUT2D eigenvalue weighted by molar-refractivity contribution is 9.10. The smallest absolute Gasteiger partial charge is 0.333 e. The van der Waals surface area contributed by atoms with Gasteiger partial charge in [-0.1, -0.05) is 19.1 Å². The molecule has 1 aromatic heterocycles. The van der Waals surface area contributed by atoms with Crippen LogP contribution in [0.3, 0.4) is 0 Å². The van der Waals surface area contributed by atoms with E-state index in [-0.39, 0.29) is 5.97 Å². The van der Waals surface area contributed by atoms with Crippen molar-refractivity contribution in [3.05, 3.63) is 46.2 Å². The van der Waals surface area contributed by atoms with Crippen LogP contribution >= 0.6 is 15.9 Å². The molecular weight excluding hydrogens is 334 g/mol. The third kappa shape index (κ3) is 3.44. The van der Waals surface area contributed by atoms with Gasteiger partial charge in [-0.05, 0) is 34.5 Å². The van der Waals surface area contributed by atoms with Gasteiger partial charge >= 0.3 is 5.97 Å². The Hall–Kier alpha value is -1.82. The number of hydrogen-bond donors (Lipinski definition) is 1. The molecule has 0 amide bonds. The largest absolute Gasteiger partial charge is 0.467 e. The van der Waals surface area contributed by atoms with Crippen molar-refractivity contribution in [1.29, 1.82) is 0 Å². The molecule has 0 saturated heterocycles. The van der Waals surface area contributed by atoms with Crippen molar-refractivity contribution < 1.29 is 9.53 Å². The minimum absolute atomic E-state index is 0.339. The summed E-state index contributed by atoms with van der Waals surface area (Å²) in [5.41, 5.74) is 2.55. The molecule has 2 rings (SSSR count). The molecule has 0 spiro atoms. The summed E-state index contributed by atoms with van der Waals surface area (Å²) in [7, 11) is 3.23. The van der Waals surface area contributed by atoms with Crippen LogP contribution in [0, 0.1) is 0 Å². The Balaban J connectivity index is 2.39. The summed E-state index contributed by atoms with van der Waals surface area (Å²) in [5.74, 6) is -0.339. The average Bonchev–Trinajstić information content (AvgIpc) is 2.86. The van der Waals surface area contributed by atoms with Gasteiger partial charge in [0.05, 0.1) is 12.8 Å². The minimum atomic E-state index is -0.586. The summed E-state index contributed by atoms with van der Waals surface area (Å²) >= 11 is 3.47. The van der Waals surface area contributed by atoms with Crippen LogP contribution in [0.25, 0.3) is 0 Å². The number of anilines is 1. The van der Waals surface area contributed by atoms with Crippen molar-refractivity contribution >= 4 is 27.6 Å². The number of aromatic nitrogens is 2. The highest BCUT2D eigenvalue weighted by Crippen LogP contribution is 2.28. The van der Waals surface area contributed by atoms with Gasteiger partial charge < -0.3 is 10.1 Å². The first kappa shape index (κ1) is 15.6. The second-order valence-corrected chi connectivity index (χ2v) is 5.49. The standard InChI is InChI=1S/C15H18BrN3O2/c1-4-12-10(9-19(2)18-12)14(15(20)21-3)17-13-8-6-5-7-11(13)16/h5-9,14,17H,4H2,1-3H3. The minimum Gasteiger partial charge on any atom is -0.467 e. The number of rotatable bonds is 5. The van der Waals surface area contributed by atoms with Crippen LogP contribution in [0.2, 0.25) is 0 Å². The van der Waals surface area contributed by atoms with Crippen molar-refractivity contribution in [3.8, 4) is 0 Å². The second-order valence-electron chi connectivity index (χ2n) is 4.64. The van der Waals surface area contributed by atoms with Gasteiger partial charge in [0.2, 0.25) is 0 Å². The topological polar surface area (TPSA) is 56.2 Å². The van der Waals surface area contributed by atoms with E-state index in [4.69, 9.17) is 4.74 Å². The van der Waals surface area contributed by atoms with E-state index < -0.39 is 6.04 Å². The molecule has 0 aliphatic carbocycles. The van der Waals surface area contributed by atoms with Crippen molar-refractivity contribution in [2.75, 3.05) is 12.4 Å². The molecule has 1 unspecified atom stereocenters. The maximum atomic E-state index is 12.2. The fraction of sp³-hybridized carbons (Fsp3) is 0.333. The van der Waals surface area contributed by atoms with Gasteiger partial charge in [0, 0.05) is 29.0 Å². The zero-order valence-corrected chi connectivity index (χ0v) is 13.8. The molecule has 0 aliphatic heterocycles. The van der Waals surface area contributed by atoms with Gasteiger partial charge in [-0.3, -0.25) is 4.68 Å². The van der Waals surface area contributed by atoms with Gasteiger partial charge in [-0.2, -0.15) is 5.10 Å². The highest BCUT2D eigenvalue weighted by atomic mass is 79.9. The van der Waals surface area contributed by atoms with E-state index in [0.717, 1.165) is 27.8 Å². The molecule has 2 aromatic rings. The maximum Gasteiger partial charge on any atom is 0.333 e. The lowest BCUT2D eigenvalue weighted by atomic mass is 10.1. The van der Waals surface area contributed by atoms with Crippen LogP contribution in [-0.2, 0) is 23.0 Å². The fourth-order valence-electron chi connectivity index (χ4n) is 2.18. The number of carbonyl (C=O) groups is 1. The molecule has 21 heavy (non-hydrogen) atoms. The Morgan fingerprint density at radius 3 is 2.81 bits per heavy atom. The number of esters is 1. The Labute approximate surface area is 132 Å². The third-order valence-electron chi connectivity index (χ3n) is 3.19. The highest BCUT2D eigenvalue weighted by Gasteiger charge is 2.26. The summed E-state index contributed by atoms with van der Waals surface area (Å²) in [6.45, 7) is 2.01. The predicted octanol–water partition coefficient (Wildman–Crippen LogP) is 3.07. The molecule has 0 bridgehead atoms. The molecule has 1 heterocycles. The Kier molecular flexibility index (Phi) is 5.01. The number of benzene rings is 1. The molecule has 1 atom stereocenters. The van der Waals surface area contributed by atoms with Crippen LogP contribution in [0.5, 0.6) is 0 Å². The van der Waals surface area contributed by atoms with Crippen LogP contribution in [0.15, 0.2) is 34.9 Å². The summed E-state index contributed by atoms with van der Waals surface area (Å²) in [6, 6.07) is 7.07. The number of carbonyl (C=O) groups excluding carboxylic acids is 1. The molecule has 0 saturated carbocycles. The van der Waals surface area contributed by atoms with Crippen molar-refractivity contribution in [3.63, 3.8) is 0 Å². The van der Waals surface area contributed by atoms with E-state index in [9.17, 15) is 4.79 Å². The average molecular weight is 352 g/mol. The zero-order chi connectivity index (χ0) is 15.4. The first-order chi connectivity index (χ1) is 10.1.